The van der Waals surface area contributed by atoms with Gasteiger partial charge in [-0.1, -0.05) is 42.5 Å². The van der Waals surface area contributed by atoms with E-state index in [0.717, 1.165) is 34.0 Å². The fourth-order valence-electron chi connectivity index (χ4n) is 4.45. The Morgan fingerprint density at radius 2 is 1.51 bits per heavy atom. The van der Waals surface area contributed by atoms with Crippen molar-refractivity contribution in [1.82, 2.24) is 4.57 Å². The Morgan fingerprint density at radius 1 is 0.857 bits per heavy atom. The highest BCUT2D eigenvalue weighted by Gasteiger charge is 2.23. The number of aryl methyl sites for hydroxylation is 1. The van der Waals surface area contributed by atoms with Crippen molar-refractivity contribution in [2.75, 3.05) is 6.61 Å². The zero-order chi connectivity index (χ0) is 24.4. The average Bonchev–Trinajstić information content (AvgIpc) is 3.38. The highest BCUT2D eigenvalue weighted by Crippen LogP contribution is 2.31. The van der Waals surface area contributed by atoms with E-state index in [1.165, 1.54) is 11.1 Å². The molecule has 5 rings (SSSR count). The standard InChI is InChI=1S/C31H27NO3/c1-4-34-29-16-12-25(13-17-29)30-20-27(31(33)35-30)19-26-18-21(2)32(22(26)3)28-14-10-24(11-15-28)23-8-6-5-7-9-23/h5-20H,4H2,1-3H3/b27-19-. The number of aromatic nitrogens is 1. The summed E-state index contributed by atoms with van der Waals surface area (Å²) in [5.74, 6) is 1.00. The first-order valence-electron chi connectivity index (χ1n) is 11.8. The number of hydrogen-bond acceptors (Lipinski definition) is 3. The van der Waals surface area contributed by atoms with Gasteiger partial charge in [0.1, 0.15) is 11.5 Å². The van der Waals surface area contributed by atoms with E-state index < -0.39 is 0 Å². The van der Waals surface area contributed by atoms with E-state index in [1.54, 1.807) is 6.08 Å². The number of rotatable bonds is 6. The first-order valence-corrected chi connectivity index (χ1v) is 11.8. The number of nitrogens with zero attached hydrogens (tertiary/aromatic N) is 1. The molecule has 174 valence electrons. The van der Waals surface area contributed by atoms with E-state index in [9.17, 15) is 4.79 Å². The molecule has 4 heteroatoms. The fraction of sp³-hybridized carbons (Fsp3) is 0.129. The summed E-state index contributed by atoms with van der Waals surface area (Å²) in [4.78, 5) is 12.6. The smallest absolute Gasteiger partial charge is 0.343 e. The van der Waals surface area contributed by atoms with Crippen LogP contribution in [0.5, 0.6) is 5.75 Å². The van der Waals surface area contributed by atoms with Crippen LogP contribution in [0.4, 0.5) is 0 Å². The van der Waals surface area contributed by atoms with Gasteiger partial charge in [0.25, 0.3) is 0 Å². The number of cyclic esters (lactones) is 1. The summed E-state index contributed by atoms with van der Waals surface area (Å²) in [6.45, 7) is 6.71. The maximum Gasteiger partial charge on any atom is 0.343 e. The van der Waals surface area contributed by atoms with Gasteiger partial charge in [-0.15, -0.1) is 0 Å². The van der Waals surface area contributed by atoms with Crippen molar-refractivity contribution >= 4 is 17.8 Å². The van der Waals surface area contributed by atoms with Crippen LogP contribution in [-0.4, -0.2) is 17.1 Å². The summed E-state index contributed by atoms with van der Waals surface area (Å²) < 4.78 is 13.3. The summed E-state index contributed by atoms with van der Waals surface area (Å²) in [6, 6.07) is 28.6. The van der Waals surface area contributed by atoms with Crippen molar-refractivity contribution < 1.29 is 14.3 Å². The van der Waals surface area contributed by atoms with Crippen molar-refractivity contribution in [3.63, 3.8) is 0 Å². The maximum absolute atomic E-state index is 12.6. The van der Waals surface area contributed by atoms with E-state index in [0.29, 0.717) is 17.9 Å². The Labute approximate surface area is 205 Å². The first-order chi connectivity index (χ1) is 17.0. The number of benzene rings is 3. The van der Waals surface area contributed by atoms with Crippen LogP contribution < -0.4 is 4.74 Å². The molecule has 0 atom stereocenters. The lowest BCUT2D eigenvalue weighted by Crippen LogP contribution is -1.99. The SMILES string of the molecule is CCOc1ccc(C2=C/C(=C/c3cc(C)n(-c4ccc(-c5ccccc5)cc4)c3C)C(=O)O2)cc1. The molecule has 0 amide bonds. The van der Waals surface area contributed by atoms with Gasteiger partial charge in [-0.05, 0) is 92.1 Å². The van der Waals surface area contributed by atoms with E-state index >= 15 is 0 Å². The lowest BCUT2D eigenvalue weighted by atomic mass is 10.1. The van der Waals surface area contributed by atoms with Crippen LogP contribution >= 0.6 is 0 Å². The molecule has 2 heterocycles. The summed E-state index contributed by atoms with van der Waals surface area (Å²) >= 11 is 0. The van der Waals surface area contributed by atoms with E-state index in [4.69, 9.17) is 9.47 Å². The molecular weight excluding hydrogens is 434 g/mol. The van der Waals surface area contributed by atoms with E-state index in [2.05, 4.69) is 60.9 Å². The number of carbonyl (C=O) groups excluding carboxylic acids is 1. The molecule has 1 aliphatic rings. The molecule has 1 aliphatic heterocycles. The van der Waals surface area contributed by atoms with Crippen LogP contribution in [0.2, 0.25) is 0 Å². The van der Waals surface area contributed by atoms with Gasteiger partial charge in [0.2, 0.25) is 0 Å². The predicted octanol–water partition coefficient (Wildman–Crippen LogP) is 7.14. The average molecular weight is 462 g/mol. The van der Waals surface area contributed by atoms with Crippen molar-refractivity contribution in [3.05, 3.63) is 119 Å². The Kier molecular flexibility index (Phi) is 6.11. The lowest BCUT2D eigenvalue weighted by Gasteiger charge is -2.11. The topological polar surface area (TPSA) is 40.5 Å². The molecule has 0 saturated heterocycles. The second-order valence-corrected chi connectivity index (χ2v) is 8.53. The Hall–Kier alpha value is -4.31. The molecule has 4 nitrogen and oxygen atoms in total. The van der Waals surface area contributed by atoms with Crippen LogP contribution in [0.25, 0.3) is 28.6 Å². The second kappa shape index (κ2) is 9.51. The van der Waals surface area contributed by atoms with Gasteiger partial charge in [-0.2, -0.15) is 0 Å². The van der Waals surface area contributed by atoms with Crippen LogP contribution in [0, 0.1) is 13.8 Å². The van der Waals surface area contributed by atoms with Crippen molar-refractivity contribution in [3.8, 4) is 22.6 Å². The fourth-order valence-corrected chi connectivity index (χ4v) is 4.45. The number of hydrogen-bond donors (Lipinski definition) is 0. The molecule has 1 aromatic heterocycles. The van der Waals surface area contributed by atoms with Gasteiger partial charge < -0.3 is 14.0 Å². The monoisotopic (exact) mass is 461 g/mol. The molecule has 0 fully saturated rings. The molecule has 0 bridgehead atoms. The lowest BCUT2D eigenvalue weighted by molar-refractivity contribution is -0.130. The molecule has 35 heavy (non-hydrogen) atoms. The molecule has 4 aromatic rings. The van der Waals surface area contributed by atoms with Gasteiger partial charge in [0.05, 0.1) is 12.2 Å². The number of ether oxygens (including phenoxy) is 2. The third kappa shape index (κ3) is 4.56. The van der Waals surface area contributed by atoms with Gasteiger partial charge in [0.15, 0.2) is 0 Å². The molecule has 0 aliphatic carbocycles. The number of carbonyl (C=O) groups is 1. The predicted molar refractivity (Wildman–Crippen MR) is 140 cm³/mol. The van der Waals surface area contributed by atoms with Gasteiger partial charge >= 0.3 is 5.97 Å². The normalized spacial score (nSPS) is 14.2. The molecule has 0 N–H and O–H groups in total. The minimum atomic E-state index is -0.342. The first kappa shape index (κ1) is 22.5. The number of esters is 1. The third-order valence-electron chi connectivity index (χ3n) is 6.19. The molecule has 3 aromatic carbocycles. The second-order valence-electron chi connectivity index (χ2n) is 8.53. The minimum absolute atomic E-state index is 0.342. The van der Waals surface area contributed by atoms with E-state index in [1.807, 2.05) is 55.5 Å². The van der Waals surface area contributed by atoms with E-state index in [-0.39, 0.29) is 5.97 Å². The quantitative estimate of drug-likeness (QED) is 0.226. The molecule has 0 spiro atoms. The van der Waals surface area contributed by atoms with Crippen LogP contribution in [0.1, 0.15) is 29.4 Å². The summed E-state index contributed by atoms with van der Waals surface area (Å²) in [5, 5.41) is 0. The summed E-state index contributed by atoms with van der Waals surface area (Å²) in [7, 11) is 0. The Morgan fingerprint density at radius 3 is 2.20 bits per heavy atom. The molecule has 0 radical (unpaired) electrons. The zero-order valence-corrected chi connectivity index (χ0v) is 20.1. The van der Waals surface area contributed by atoms with Crippen LogP contribution in [-0.2, 0) is 9.53 Å². The largest absolute Gasteiger partial charge is 0.494 e. The van der Waals surface area contributed by atoms with Gasteiger partial charge in [-0.25, -0.2) is 4.79 Å². The summed E-state index contributed by atoms with van der Waals surface area (Å²) in [5.41, 5.74) is 8.00. The van der Waals surface area contributed by atoms with Crippen LogP contribution in [0.15, 0.2) is 96.6 Å². The van der Waals surface area contributed by atoms with Crippen molar-refractivity contribution in [1.29, 1.82) is 0 Å². The van der Waals surface area contributed by atoms with Crippen molar-refractivity contribution in [2.24, 2.45) is 0 Å². The molecule has 0 saturated carbocycles. The minimum Gasteiger partial charge on any atom is -0.494 e. The molecular formula is C31H27NO3. The van der Waals surface area contributed by atoms with Gasteiger partial charge in [-0.3, -0.25) is 0 Å². The third-order valence-corrected chi connectivity index (χ3v) is 6.19. The van der Waals surface area contributed by atoms with Crippen molar-refractivity contribution in [2.45, 2.75) is 20.8 Å². The summed E-state index contributed by atoms with van der Waals surface area (Å²) in [6.07, 6.45) is 3.71. The Bertz CT molecular complexity index is 1420. The van der Waals surface area contributed by atoms with Gasteiger partial charge in [0, 0.05) is 22.6 Å². The Balaban J connectivity index is 1.42. The molecule has 0 unspecified atom stereocenters. The van der Waals surface area contributed by atoms with Crippen LogP contribution in [0.3, 0.4) is 0 Å². The highest BCUT2D eigenvalue weighted by molar-refractivity contribution is 6.05. The maximum atomic E-state index is 12.6. The zero-order valence-electron chi connectivity index (χ0n) is 20.1. The highest BCUT2D eigenvalue weighted by atomic mass is 16.5.